The average Bonchev–Trinajstić information content (AvgIpc) is 2.38. The Morgan fingerprint density at radius 2 is 1.06 bits per heavy atom. The molecule has 6 heteroatoms. The van der Waals surface area contributed by atoms with Crippen LogP contribution in [-0.2, 0) is 14.3 Å². The standard InChI is InChI=1S/C12H24BBr2O3/c14-9-5-1-3-7-11-17-13(16)18-12-8-4-2-6-10-15/h1-12H2. The van der Waals surface area contributed by atoms with Crippen LogP contribution in [0.4, 0.5) is 0 Å². The topological polar surface area (TPSA) is 38.4 Å². The Morgan fingerprint density at radius 3 is 1.44 bits per heavy atom. The van der Waals surface area contributed by atoms with Gasteiger partial charge in [0, 0.05) is 23.9 Å². The summed E-state index contributed by atoms with van der Waals surface area (Å²) in [4.78, 5) is 0. The summed E-state index contributed by atoms with van der Waals surface area (Å²) in [5.74, 6) is 0. The molecule has 0 amide bonds. The van der Waals surface area contributed by atoms with E-state index in [2.05, 4.69) is 31.9 Å². The Bertz CT molecular complexity index is 148. The molecule has 0 N–H and O–H groups in total. The second-order valence-electron chi connectivity index (χ2n) is 4.24. The summed E-state index contributed by atoms with van der Waals surface area (Å²) in [7, 11) is -1.29. The Balaban J connectivity index is 3.10. The van der Waals surface area contributed by atoms with Crippen molar-refractivity contribution >= 4 is 39.2 Å². The molecule has 0 aromatic heterocycles. The number of hydrogen-bond acceptors (Lipinski definition) is 2. The van der Waals surface area contributed by atoms with Gasteiger partial charge in [-0.05, 0) is 25.7 Å². The normalized spacial score (nSPS) is 10.8. The molecule has 0 aliphatic rings. The first-order valence-electron chi connectivity index (χ1n) is 6.82. The fourth-order valence-electron chi connectivity index (χ4n) is 1.51. The molecule has 0 saturated heterocycles. The van der Waals surface area contributed by atoms with E-state index in [1.54, 1.807) is 0 Å². The zero-order valence-corrected chi connectivity index (χ0v) is 14.2. The van der Waals surface area contributed by atoms with Crippen LogP contribution in [0.1, 0.15) is 51.4 Å². The molecular weight excluding hydrogens is 363 g/mol. The maximum absolute atomic E-state index is 11.2. The highest BCUT2D eigenvalue weighted by Crippen LogP contribution is 2.04. The van der Waals surface area contributed by atoms with Crippen molar-refractivity contribution in [3.05, 3.63) is 0 Å². The monoisotopic (exact) mass is 385 g/mol. The lowest BCUT2D eigenvalue weighted by Crippen LogP contribution is -2.22. The van der Waals surface area contributed by atoms with Crippen LogP contribution in [0.2, 0.25) is 0 Å². The van der Waals surface area contributed by atoms with E-state index in [1.807, 2.05) is 0 Å². The molecule has 0 aromatic carbocycles. The minimum Gasteiger partial charge on any atom is -0.384 e. The van der Waals surface area contributed by atoms with E-state index in [9.17, 15) is 5.02 Å². The quantitative estimate of drug-likeness (QED) is 0.253. The van der Waals surface area contributed by atoms with Crippen LogP contribution in [-0.4, -0.2) is 31.2 Å². The zero-order valence-electron chi connectivity index (χ0n) is 11.0. The van der Waals surface area contributed by atoms with Crippen molar-refractivity contribution in [2.75, 3.05) is 23.9 Å². The molecule has 107 valence electrons. The van der Waals surface area contributed by atoms with E-state index in [0.717, 1.165) is 36.3 Å². The second-order valence-corrected chi connectivity index (χ2v) is 5.82. The van der Waals surface area contributed by atoms with Gasteiger partial charge in [0.1, 0.15) is 0 Å². The van der Waals surface area contributed by atoms with Gasteiger partial charge in [-0.15, -0.1) is 0 Å². The van der Waals surface area contributed by atoms with Crippen molar-refractivity contribution in [3.63, 3.8) is 0 Å². The Kier molecular flexibility index (Phi) is 16.8. The lowest BCUT2D eigenvalue weighted by Gasteiger charge is -2.07. The van der Waals surface area contributed by atoms with Crippen molar-refractivity contribution in [1.82, 2.24) is 0 Å². The third kappa shape index (κ3) is 15.0. The maximum atomic E-state index is 11.2. The molecule has 0 atom stereocenters. The molecule has 0 bridgehead atoms. The van der Waals surface area contributed by atoms with Gasteiger partial charge in [0.2, 0.25) is 0 Å². The molecule has 18 heavy (non-hydrogen) atoms. The lowest BCUT2D eigenvalue weighted by atomic mass is 10.2. The lowest BCUT2D eigenvalue weighted by molar-refractivity contribution is 0.105. The van der Waals surface area contributed by atoms with Gasteiger partial charge < -0.3 is 9.31 Å². The van der Waals surface area contributed by atoms with Crippen molar-refractivity contribution < 1.29 is 14.3 Å². The molecule has 0 heterocycles. The minimum absolute atomic E-state index is 0.514. The average molecular weight is 387 g/mol. The Hall–Kier alpha value is 0.905. The van der Waals surface area contributed by atoms with Crippen molar-refractivity contribution in [1.29, 1.82) is 0 Å². The highest BCUT2D eigenvalue weighted by Gasteiger charge is 2.16. The molecule has 0 fully saturated rings. The molecule has 0 saturated carbocycles. The van der Waals surface area contributed by atoms with Crippen LogP contribution in [0.15, 0.2) is 0 Å². The van der Waals surface area contributed by atoms with Gasteiger partial charge in [0.05, 0.1) is 0 Å². The summed E-state index contributed by atoms with van der Waals surface area (Å²) in [5, 5.41) is 13.3. The highest BCUT2D eigenvalue weighted by atomic mass is 79.9. The fourth-order valence-corrected chi connectivity index (χ4v) is 2.30. The smallest absolute Gasteiger partial charge is 0.384 e. The summed E-state index contributed by atoms with van der Waals surface area (Å²) in [6.07, 6.45) is 8.87. The third-order valence-corrected chi connectivity index (χ3v) is 3.69. The molecule has 3 nitrogen and oxygen atoms in total. The van der Waals surface area contributed by atoms with E-state index in [0.29, 0.717) is 13.2 Å². The van der Waals surface area contributed by atoms with Crippen LogP contribution in [0.5, 0.6) is 0 Å². The number of halogens is 2. The van der Waals surface area contributed by atoms with Gasteiger partial charge in [0.25, 0.3) is 0 Å². The molecular formula is C12H24BBr2O3. The molecule has 0 aliphatic carbocycles. The Labute approximate surface area is 128 Å². The molecule has 0 spiro atoms. The minimum atomic E-state index is -1.29. The van der Waals surface area contributed by atoms with Gasteiger partial charge in [-0.1, -0.05) is 57.5 Å². The van der Waals surface area contributed by atoms with Gasteiger partial charge in [-0.2, -0.15) is 0 Å². The maximum Gasteiger partial charge on any atom is 0.666 e. The highest BCUT2D eigenvalue weighted by molar-refractivity contribution is 9.09. The number of rotatable bonds is 14. The van der Waals surface area contributed by atoms with Gasteiger partial charge in [-0.25, -0.2) is 5.02 Å². The number of unbranched alkanes of at least 4 members (excludes halogenated alkanes) is 6. The predicted molar refractivity (Wildman–Crippen MR) is 82.9 cm³/mol. The summed E-state index contributed by atoms with van der Waals surface area (Å²) < 4.78 is 10.1. The zero-order chi connectivity index (χ0) is 13.5. The van der Waals surface area contributed by atoms with Gasteiger partial charge >= 0.3 is 7.32 Å². The van der Waals surface area contributed by atoms with Crippen LogP contribution < -0.4 is 0 Å². The van der Waals surface area contributed by atoms with Crippen molar-refractivity contribution in [2.24, 2.45) is 0 Å². The van der Waals surface area contributed by atoms with E-state index in [4.69, 9.17) is 9.31 Å². The van der Waals surface area contributed by atoms with E-state index < -0.39 is 7.32 Å². The van der Waals surface area contributed by atoms with E-state index >= 15 is 0 Å². The SMILES string of the molecule is [O]B(OCCCCCCBr)OCCCCCCBr. The van der Waals surface area contributed by atoms with Gasteiger partial charge in [-0.3, -0.25) is 0 Å². The molecule has 0 rings (SSSR count). The summed E-state index contributed by atoms with van der Waals surface area (Å²) in [6.45, 7) is 1.03. The van der Waals surface area contributed by atoms with E-state index in [1.165, 1.54) is 25.7 Å². The molecule has 1 radical (unpaired) electrons. The van der Waals surface area contributed by atoms with Crippen molar-refractivity contribution in [2.45, 2.75) is 51.4 Å². The van der Waals surface area contributed by atoms with E-state index in [-0.39, 0.29) is 0 Å². The summed E-state index contributed by atoms with van der Waals surface area (Å²) >= 11 is 6.78. The third-order valence-electron chi connectivity index (χ3n) is 2.56. The molecule has 0 unspecified atom stereocenters. The number of alkyl halides is 2. The van der Waals surface area contributed by atoms with Crippen LogP contribution in [0.3, 0.4) is 0 Å². The predicted octanol–water partition coefficient (Wildman–Crippen LogP) is 4.35. The van der Waals surface area contributed by atoms with Crippen molar-refractivity contribution in [3.8, 4) is 0 Å². The second kappa shape index (κ2) is 16.0. The first-order chi connectivity index (χ1) is 8.81. The fraction of sp³-hybridized carbons (Fsp3) is 1.00. The first kappa shape index (κ1) is 18.9. The number of hydrogen-bond donors (Lipinski definition) is 0. The largest absolute Gasteiger partial charge is 0.666 e. The summed E-state index contributed by atoms with van der Waals surface area (Å²) in [6, 6.07) is 0. The Morgan fingerprint density at radius 1 is 0.667 bits per heavy atom. The van der Waals surface area contributed by atoms with Crippen LogP contribution in [0.25, 0.3) is 0 Å². The molecule has 0 aromatic rings. The van der Waals surface area contributed by atoms with Crippen LogP contribution >= 0.6 is 31.9 Å². The summed E-state index contributed by atoms with van der Waals surface area (Å²) in [5.41, 5.74) is 0. The van der Waals surface area contributed by atoms with Crippen LogP contribution in [0, 0.1) is 0 Å². The first-order valence-corrected chi connectivity index (χ1v) is 9.06. The molecule has 0 aliphatic heterocycles. The van der Waals surface area contributed by atoms with Gasteiger partial charge in [0.15, 0.2) is 0 Å².